The van der Waals surface area contributed by atoms with Crippen molar-refractivity contribution in [2.24, 2.45) is 10.8 Å². The molecular formula is C38H44IrNO2SSi-. The Kier molecular flexibility index (Phi) is 10.2. The maximum atomic E-state index is 12.2. The number of hydrogen-bond donors (Lipinski definition) is 1. The van der Waals surface area contributed by atoms with E-state index in [0.29, 0.717) is 0 Å². The number of carbonyl (C=O) groups excluding carboxylic acids is 1. The first kappa shape index (κ1) is 34.4. The topological polar surface area (TPSA) is 50.2 Å². The molecule has 233 valence electrons. The number of pyridine rings is 1. The molecule has 0 atom stereocenters. The van der Waals surface area contributed by atoms with Gasteiger partial charge in [-0.05, 0) is 59.8 Å². The molecule has 3 aromatic carbocycles. The maximum absolute atomic E-state index is 12.2. The molecule has 44 heavy (non-hydrogen) atoms. The number of ketones is 1. The van der Waals surface area contributed by atoms with E-state index in [4.69, 9.17) is 4.98 Å². The molecule has 0 amide bonds. The van der Waals surface area contributed by atoms with Crippen LogP contribution in [0.2, 0.25) is 13.1 Å². The van der Waals surface area contributed by atoms with Crippen molar-refractivity contribution in [2.45, 2.75) is 90.1 Å². The van der Waals surface area contributed by atoms with E-state index < -0.39 is 8.07 Å². The van der Waals surface area contributed by atoms with Crippen molar-refractivity contribution in [3.05, 3.63) is 78.7 Å². The van der Waals surface area contributed by atoms with Gasteiger partial charge in [0.2, 0.25) is 0 Å². The molecule has 0 saturated carbocycles. The van der Waals surface area contributed by atoms with Gasteiger partial charge in [0, 0.05) is 48.1 Å². The number of aliphatic hydroxyl groups is 1. The van der Waals surface area contributed by atoms with E-state index in [-0.39, 0.29) is 42.5 Å². The Balaban J connectivity index is 0.000000218. The third-order valence-corrected chi connectivity index (χ3v) is 15.1. The van der Waals surface area contributed by atoms with Gasteiger partial charge in [-0.2, -0.15) is 0 Å². The molecule has 3 nitrogen and oxygen atoms in total. The van der Waals surface area contributed by atoms with Gasteiger partial charge in [-0.15, -0.1) is 29.5 Å². The van der Waals surface area contributed by atoms with E-state index in [1.165, 1.54) is 43.0 Å². The average Bonchev–Trinajstić information content (AvgIpc) is 3.17. The summed E-state index contributed by atoms with van der Waals surface area (Å²) in [4.78, 5) is 19.7. The summed E-state index contributed by atoms with van der Waals surface area (Å²) in [6.07, 6.45) is 6.75. The van der Waals surface area contributed by atoms with E-state index in [1.54, 1.807) is 5.19 Å². The fraction of sp³-hybridized carbons (Fsp3) is 0.368. The third-order valence-electron chi connectivity index (χ3n) is 10.4. The Morgan fingerprint density at radius 2 is 1.55 bits per heavy atom. The second-order valence-corrected chi connectivity index (χ2v) is 18.4. The summed E-state index contributed by atoms with van der Waals surface area (Å²) in [5.41, 5.74) is 4.46. The van der Waals surface area contributed by atoms with Crippen molar-refractivity contribution < 1.29 is 30.0 Å². The molecule has 0 spiro atoms. The first-order chi connectivity index (χ1) is 20.5. The number of rotatable bonds is 7. The monoisotopic (exact) mass is 799 g/mol. The van der Waals surface area contributed by atoms with Gasteiger partial charge in [-0.25, -0.2) is 0 Å². The van der Waals surface area contributed by atoms with Gasteiger partial charge in [0.25, 0.3) is 0 Å². The minimum atomic E-state index is -1.67. The van der Waals surface area contributed by atoms with Crippen LogP contribution in [0.3, 0.4) is 0 Å². The number of nitrogens with zero attached hydrogens (tertiary/aromatic N) is 1. The molecule has 2 aliphatic heterocycles. The third kappa shape index (κ3) is 5.68. The zero-order chi connectivity index (χ0) is 31.2. The minimum Gasteiger partial charge on any atom is -0.512 e. The number of benzene rings is 3. The van der Waals surface area contributed by atoms with Crippen LogP contribution >= 0.6 is 11.8 Å². The summed E-state index contributed by atoms with van der Waals surface area (Å²) >= 11 is 1.89. The smallest absolute Gasteiger partial charge is 0.164 e. The van der Waals surface area contributed by atoms with Crippen LogP contribution in [0.5, 0.6) is 0 Å². The van der Waals surface area contributed by atoms with Gasteiger partial charge in [0.15, 0.2) is 5.78 Å². The largest absolute Gasteiger partial charge is 0.512 e. The normalized spacial score (nSPS) is 14.5. The van der Waals surface area contributed by atoms with Gasteiger partial charge in [-0.3, -0.25) is 4.79 Å². The second kappa shape index (κ2) is 13.1. The Morgan fingerprint density at radius 3 is 2.20 bits per heavy atom. The second-order valence-electron chi connectivity index (χ2n) is 13.0. The van der Waals surface area contributed by atoms with Gasteiger partial charge >= 0.3 is 0 Å². The van der Waals surface area contributed by atoms with Gasteiger partial charge in [0.05, 0.1) is 0 Å². The number of aliphatic hydroxyl groups excluding tert-OH is 1. The number of hydrogen-bond acceptors (Lipinski definition) is 4. The molecule has 0 aliphatic carbocycles. The van der Waals surface area contributed by atoms with Gasteiger partial charge in [-0.1, -0.05) is 112 Å². The van der Waals surface area contributed by atoms with Crippen molar-refractivity contribution in [2.75, 3.05) is 0 Å². The average molecular weight is 799 g/mol. The van der Waals surface area contributed by atoms with Crippen LogP contribution in [0, 0.1) is 16.9 Å². The summed E-state index contributed by atoms with van der Waals surface area (Å²) in [7, 11) is -1.67. The Hall–Kier alpha value is -2.50. The zero-order valence-corrected chi connectivity index (χ0v) is 31.4. The Labute approximate surface area is 282 Å². The van der Waals surface area contributed by atoms with E-state index in [1.807, 2.05) is 59.5 Å². The Bertz CT molecular complexity index is 1740. The van der Waals surface area contributed by atoms with Crippen LogP contribution in [-0.4, -0.2) is 23.9 Å². The fourth-order valence-corrected chi connectivity index (χ4v) is 10.6. The molecule has 6 rings (SSSR count). The van der Waals surface area contributed by atoms with Gasteiger partial charge in [0.1, 0.15) is 13.8 Å². The molecular weight excluding hydrogens is 755 g/mol. The molecule has 1 radical (unpaired) electrons. The molecule has 4 aromatic rings. The summed E-state index contributed by atoms with van der Waals surface area (Å²) < 4.78 is 0. The number of carbonyl (C=O) groups is 1. The van der Waals surface area contributed by atoms with E-state index in [9.17, 15) is 9.90 Å². The van der Waals surface area contributed by atoms with Crippen LogP contribution in [0.15, 0.2) is 82.4 Å². The van der Waals surface area contributed by atoms with E-state index in [2.05, 4.69) is 73.8 Å². The summed E-state index contributed by atoms with van der Waals surface area (Å²) in [6, 6.07) is 23.4. The standard InChI is InChI=1S/C23H16NSSi.C15H28O2.Ir/c1-26(2)18-9-5-8-17-20(18)21-19(26)12-13-24-22(21)16-11-10-14-6-3-4-7-15(14)23(16)25-17;1-7-14(5,8-2)12(16)11-13(17)15(6,9-3)10-4;/h3-10,12-13H,1-2H3;11,16H,7-10H2,1-6H3;/q-1;;/b;12-11-;. The van der Waals surface area contributed by atoms with Crippen LogP contribution in [0.1, 0.15) is 67.2 Å². The summed E-state index contributed by atoms with van der Waals surface area (Å²) in [5.74, 6) is 0.286. The molecule has 2 aliphatic rings. The molecule has 1 N–H and O–H groups in total. The van der Waals surface area contributed by atoms with Crippen LogP contribution < -0.4 is 10.4 Å². The predicted molar refractivity (Wildman–Crippen MR) is 185 cm³/mol. The van der Waals surface area contributed by atoms with E-state index >= 15 is 0 Å². The number of allylic oxidation sites excluding steroid dienone is 2. The molecule has 6 heteroatoms. The quantitative estimate of drug-likeness (QED) is 0.0772. The van der Waals surface area contributed by atoms with Gasteiger partial charge < -0.3 is 10.1 Å². The van der Waals surface area contributed by atoms with Crippen molar-refractivity contribution in [1.29, 1.82) is 0 Å². The first-order valence-electron chi connectivity index (χ1n) is 15.7. The molecule has 0 bridgehead atoms. The maximum Gasteiger partial charge on any atom is 0.164 e. The number of aromatic nitrogens is 1. The first-order valence-corrected chi connectivity index (χ1v) is 19.5. The van der Waals surface area contributed by atoms with Crippen molar-refractivity contribution >= 4 is 46.8 Å². The molecule has 0 unspecified atom stereocenters. The Morgan fingerprint density at radius 1 is 0.909 bits per heavy atom. The van der Waals surface area contributed by atoms with Crippen LogP contribution in [0.4, 0.5) is 0 Å². The molecule has 1 aromatic heterocycles. The van der Waals surface area contributed by atoms with Crippen LogP contribution in [0.25, 0.3) is 33.2 Å². The number of fused-ring (bicyclic) bond motifs is 4. The predicted octanol–water partition coefficient (Wildman–Crippen LogP) is 9.62. The van der Waals surface area contributed by atoms with Crippen molar-refractivity contribution in [3.63, 3.8) is 0 Å². The van der Waals surface area contributed by atoms with Crippen molar-refractivity contribution in [1.82, 2.24) is 4.98 Å². The molecule has 0 saturated heterocycles. The fourth-order valence-electron chi connectivity index (χ4n) is 6.22. The van der Waals surface area contributed by atoms with E-state index in [0.717, 1.165) is 36.9 Å². The zero-order valence-electron chi connectivity index (χ0n) is 27.2. The van der Waals surface area contributed by atoms with Crippen molar-refractivity contribution in [3.8, 4) is 22.4 Å². The summed E-state index contributed by atoms with van der Waals surface area (Å²) in [6.45, 7) is 17.0. The summed E-state index contributed by atoms with van der Waals surface area (Å²) in [5, 5.41) is 15.7. The SMILES string of the molecule is CCC(C)(CC)C(=O)/C=C(\O)C(C)(CC)CC.C[Si]1(C)c2cccc3c2-c2c1ccnc2-c1[c-]cc2ccccc2c1S3.[Ir]. The molecule has 3 heterocycles. The minimum absolute atomic E-state index is 0. The van der Waals surface area contributed by atoms with Crippen LogP contribution in [-0.2, 0) is 24.9 Å². The molecule has 0 fully saturated rings.